The summed E-state index contributed by atoms with van der Waals surface area (Å²) in [6, 6.07) is -0.334. The highest BCUT2D eigenvalue weighted by molar-refractivity contribution is 5.83. The lowest BCUT2D eigenvalue weighted by molar-refractivity contribution is -0.132. The van der Waals surface area contributed by atoms with Crippen molar-refractivity contribution in [2.24, 2.45) is 5.73 Å². The van der Waals surface area contributed by atoms with Crippen LogP contribution < -0.4 is 16.4 Å². The van der Waals surface area contributed by atoms with Gasteiger partial charge in [0, 0.05) is 32.5 Å². The molecule has 7 nitrogen and oxygen atoms in total. The Hall–Kier alpha value is -1.63. The molecule has 24 heavy (non-hydrogen) atoms. The van der Waals surface area contributed by atoms with E-state index in [-0.39, 0.29) is 30.2 Å². The molecule has 1 fully saturated rings. The van der Waals surface area contributed by atoms with Crippen molar-refractivity contribution in [3.05, 3.63) is 0 Å². The molecule has 0 aromatic rings. The fraction of sp³-hybridized carbons (Fsp3) is 0.824. The van der Waals surface area contributed by atoms with Gasteiger partial charge in [-0.25, -0.2) is 0 Å². The number of nitrogens with two attached hydrogens (primary N) is 1. The van der Waals surface area contributed by atoms with E-state index in [1.165, 1.54) is 0 Å². The van der Waals surface area contributed by atoms with Gasteiger partial charge in [-0.1, -0.05) is 6.42 Å². The molecule has 1 unspecified atom stereocenters. The normalized spacial score (nSPS) is 15.3. The van der Waals surface area contributed by atoms with Gasteiger partial charge in [0.15, 0.2) is 0 Å². The quantitative estimate of drug-likeness (QED) is 0.451. The van der Waals surface area contributed by atoms with Crippen LogP contribution in [-0.4, -0.2) is 54.8 Å². The van der Waals surface area contributed by atoms with Gasteiger partial charge in [-0.2, -0.15) is 0 Å². The zero-order chi connectivity index (χ0) is 17.8. The maximum absolute atomic E-state index is 12.5. The van der Waals surface area contributed by atoms with Crippen molar-refractivity contribution in [1.29, 1.82) is 0 Å². The zero-order valence-corrected chi connectivity index (χ0v) is 14.8. The number of amides is 3. The van der Waals surface area contributed by atoms with Crippen LogP contribution in [0.5, 0.6) is 0 Å². The third kappa shape index (κ3) is 8.29. The molecule has 1 heterocycles. The van der Waals surface area contributed by atoms with Crippen LogP contribution in [0.3, 0.4) is 0 Å². The van der Waals surface area contributed by atoms with E-state index in [2.05, 4.69) is 10.6 Å². The molecule has 0 aliphatic carbocycles. The van der Waals surface area contributed by atoms with E-state index in [1.54, 1.807) is 0 Å². The van der Waals surface area contributed by atoms with Gasteiger partial charge in [-0.15, -0.1) is 0 Å². The second kappa shape index (κ2) is 11.8. The SMILES string of the molecule is CCNC(=O)CCCCCNC(CCC(N)=O)C(=O)N1CCCC1. The van der Waals surface area contributed by atoms with Crippen LogP contribution in [0.25, 0.3) is 0 Å². The standard InChI is InChI=1S/C17H32N4O3/c1-2-19-16(23)8-4-3-5-11-20-14(9-10-15(18)22)17(24)21-12-6-7-13-21/h14,20H,2-13H2,1H3,(H2,18,22)(H,19,23). The summed E-state index contributed by atoms with van der Waals surface area (Å²) in [5.74, 6) is -0.206. The van der Waals surface area contributed by atoms with Crippen molar-refractivity contribution in [3.8, 4) is 0 Å². The molecule has 0 aromatic carbocycles. The topological polar surface area (TPSA) is 105 Å². The summed E-state index contributed by atoms with van der Waals surface area (Å²) in [5, 5.41) is 6.05. The summed E-state index contributed by atoms with van der Waals surface area (Å²) in [7, 11) is 0. The molecule has 1 atom stereocenters. The number of nitrogens with one attached hydrogen (secondary N) is 2. The molecule has 0 bridgehead atoms. The average Bonchev–Trinajstić information content (AvgIpc) is 3.07. The Kier molecular flexibility index (Phi) is 10.1. The molecule has 1 rings (SSSR count). The fourth-order valence-electron chi connectivity index (χ4n) is 2.91. The van der Waals surface area contributed by atoms with Crippen molar-refractivity contribution in [1.82, 2.24) is 15.5 Å². The second-order valence-electron chi connectivity index (χ2n) is 6.31. The van der Waals surface area contributed by atoms with Gasteiger partial charge in [0.05, 0.1) is 6.04 Å². The number of likely N-dealkylation sites (tertiary alicyclic amines) is 1. The number of carbonyl (C=O) groups excluding carboxylic acids is 3. The molecule has 7 heteroatoms. The van der Waals surface area contributed by atoms with Gasteiger partial charge in [0.25, 0.3) is 0 Å². The smallest absolute Gasteiger partial charge is 0.239 e. The molecular weight excluding hydrogens is 308 g/mol. The van der Waals surface area contributed by atoms with Gasteiger partial charge >= 0.3 is 0 Å². The van der Waals surface area contributed by atoms with Gasteiger partial charge in [0.1, 0.15) is 0 Å². The summed E-state index contributed by atoms with van der Waals surface area (Å²) in [4.78, 5) is 36.7. The maximum Gasteiger partial charge on any atom is 0.239 e. The molecule has 1 saturated heterocycles. The third-order valence-electron chi connectivity index (χ3n) is 4.24. The highest BCUT2D eigenvalue weighted by Crippen LogP contribution is 2.11. The van der Waals surface area contributed by atoms with E-state index in [1.807, 2.05) is 11.8 Å². The summed E-state index contributed by atoms with van der Waals surface area (Å²) in [5.41, 5.74) is 5.21. The minimum absolute atomic E-state index is 0.0797. The van der Waals surface area contributed by atoms with E-state index in [9.17, 15) is 14.4 Å². The first-order valence-corrected chi connectivity index (χ1v) is 9.11. The van der Waals surface area contributed by atoms with Crippen molar-refractivity contribution in [2.75, 3.05) is 26.2 Å². The molecule has 4 N–H and O–H groups in total. The van der Waals surface area contributed by atoms with Crippen LogP contribution in [0.15, 0.2) is 0 Å². The molecule has 1 aliphatic rings. The van der Waals surface area contributed by atoms with Gasteiger partial charge in [-0.05, 0) is 45.6 Å². The predicted molar refractivity (Wildman–Crippen MR) is 93.2 cm³/mol. The van der Waals surface area contributed by atoms with Crippen molar-refractivity contribution in [2.45, 2.75) is 64.3 Å². The van der Waals surface area contributed by atoms with Gasteiger partial charge in [-0.3, -0.25) is 14.4 Å². The first-order valence-electron chi connectivity index (χ1n) is 9.11. The summed E-state index contributed by atoms with van der Waals surface area (Å²) >= 11 is 0. The average molecular weight is 340 g/mol. The van der Waals surface area contributed by atoms with Crippen LogP contribution in [0.2, 0.25) is 0 Å². The molecule has 1 aliphatic heterocycles. The first-order chi connectivity index (χ1) is 11.5. The minimum atomic E-state index is -0.377. The highest BCUT2D eigenvalue weighted by atomic mass is 16.2. The lowest BCUT2D eigenvalue weighted by atomic mass is 10.1. The number of rotatable bonds is 12. The van der Waals surface area contributed by atoms with E-state index in [0.717, 1.165) is 45.2 Å². The molecule has 0 aromatic heterocycles. The Morgan fingerprint density at radius 3 is 2.42 bits per heavy atom. The molecule has 138 valence electrons. The molecule has 0 saturated carbocycles. The Bertz CT molecular complexity index is 409. The largest absolute Gasteiger partial charge is 0.370 e. The first kappa shape index (κ1) is 20.4. The van der Waals surface area contributed by atoms with E-state index in [4.69, 9.17) is 5.73 Å². The fourth-order valence-corrected chi connectivity index (χ4v) is 2.91. The van der Waals surface area contributed by atoms with Gasteiger partial charge in [0.2, 0.25) is 17.7 Å². The van der Waals surface area contributed by atoms with Crippen LogP contribution in [0.4, 0.5) is 0 Å². The van der Waals surface area contributed by atoms with Crippen LogP contribution in [-0.2, 0) is 14.4 Å². The maximum atomic E-state index is 12.5. The van der Waals surface area contributed by atoms with E-state index in [0.29, 0.717) is 25.9 Å². The Morgan fingerprint density at radius 1 is 1.08 bits per heavy atom. The zero-order valence-electron chi connectivity index (χ0n) is 14.8. The highest BCUT2D eigenvalue weighted by Gasteiger charge is 2.26. The van der Waals surface area contributed by atoms with E-state index < -0.39 is 0 Å². The molecule has 0 radical (unpaired) electrons. The van der Waals surface area contributed by atoms with Crippen LogP contribution >= 0.6 is 0 Å². The number of nitrogens with zero attached hydrogens (tertiary/aromatic N) is 1. The second-order valence-corrected chi connectivity index (χ2v) is 6.31. The van der Waals surface area contributed by atoms with Gasteiger partial charge < -0.3 is 21.3 Å². The van der Waals surface area contributed by atoms with Crippen LogP contribution in [0.1, 0.15) is 58.3 Å². The summed E-state index contributed by atoms with van der Waals surface area (Å²) < 4.78 is 0. The van der Waals surface area contributed by atoms with E-state index >= 15 is 0 Å². The third-order valence-corrected chi connectivity index (χ3v) is 4.24. The predicted octanol–water partition coefficient (Wildman–Crippen LogP) is 0.529. The lowest BCUT2D eigenvalue weighted by Gasteiger charge is -2.24. The van der Waals surface area contributed by atoms with Crippen molar-refractivity contribution >= 4 is 17.7 Å². The summed E-state index contributed by atoms with van der Waals surface area (Å²) in [6.07, 6.45) is 6.00. The Balaban J connectivity index is 2.27. The van der Waals surface area contributed by atoms with Crippen molar-refractivity contribution in [3.63, 3.8) is 0 Å². The number of hydrogen-bond acceptors (Lipinski definition) is 4. The van der Waals surface area contributed by atoms with Crippen molar-refractivity contribution < 1.29 is 14.4 Å². The Labute approximate surface area is 144 Å². The molecule has 0 spiro atoms. The number of hydrogen-bond donors (Lipinski definition) is 3. The number of carbonyl (C=O) groups is 3. The summed E-state index contributed by atoms with van der Waals surface area (Å²) in [6.45, 7) is 4.89. The monoisotopic (exact) mass is 340 g/mol. The number of primary amides is 1. The minimum Gasteiger partial charge on any atom is -0.370 e. The molecule has 3 amide bonds. The Morgan fingerprint density at radius 2 is 1.79 bits per heavy atom. The van der Waals surface area contributed by atoms with Crippen LogP contribution in [0, 0.1) is 0 Å². The molecular formula is C17H32N4O3. The number of unbranched alkanes of at least 4 members (excludes halogenated alkanes) is 2. The lowest BCUT2D eigenvalue weighted by Crippen LogP contribution is -2.46.